The Balaban J connectivity index is 2.51. The smallest absolute Gasteiger partial charge is 0.260 e. The number of ether oxygens (including phenoxy) is 1. The van der Waals surface area contributed by atoms with Gasteiger partial charge in [0.1, 0.15) is 12.4 Å². The Labute approximate surface area is 113 Å². The quantitative estimate of drug-likeness (QED) is 0.583. The molecule has 1 rings (SSSR count). The van der Waals surface area contributed by atoms with Gasteiger partial charge in [0.15, 0.2) is 0 Å². The van der Waals surface area contributed by atoms with Gasteiger partial charge in [0, 0.05) is 0 Å². The third kappa shape index (κ3) is 5.42. The van der Waals surface area contributed by atoms with Crippen molar-refractivity contribution < 1.29 is 14.4 Å². The van der Waals surface area contributed by atoms with Crippen LogP contribution in [0.4, 0.5) is 0 Å². The first-order chi connectivity index (χ1) is 9.17. The van der Waals surface area contributed by atoms with E-state index in [2.05, 4.69) is 22.2 Å². The minimum Gasteiger partial charge on any atom is -0.481 e. The lowest BCUT2D eigenvalue weighted by atomic mass is 10.1. The zero-order chi connectivity index (χ0) is 14.1. The molecule has 0 radical (unpaired) electrons. The van der Waals surface area contributed by atoms with Crippen LogP contribution in [0.25, 0.3) is 0 Å². The van der Waals surface area contributed by atoms with Crippen LogP contribution in [-0.2, 0) is 16.1 Å². The van der Waals surface area contributed by atoms with E-state index in [0.717, 1.165) is 11.3 Å². The maximum absolute atomic E-state index is 11.4. The number of benzene rings is 1. The van der Waals surface area contributed by atoms with E-state index in [0.29, 0.717) is 13.0 Å². The standard InChI is InChI=1S/C14H18N2O3/c1-3-4-9-19-12-7-5-11(6-8-12)10-13(15)14(17)16-18-2/h5-8,13H,9-10,15H2,1-2H3,(H,16,17). The first-order valence-corrected chi connectivity index (χ1v) is 5.87. The van der Waals surface area contributed by atoms with E-state index in [-0.39, 0.29) is 5.91 Å². The van der Waals surface area contributed by atoms with Gasteiger partial charge in [0.2, 0.25) is 0 Å². The number of carbonyl (C=O) groups is 1. The largest absolute Gasteiger partial charge is 0.481 e. The molecule has 1 atom stereocenters. The molecule has 3 N–H and O–H groups in total. The maximum atomic E-state index is 11.4. The van der Waals surface area contributed by atoms with Gasteiger partial charge in [0.05, 0.1) is 13.2 Å². The third-order valence-corrected chi connectivity index (χ3v) is 2.41. The Morgan fingerprint density at radius 2 is 2.11 bits per heavy atom. The molecule has 0 spiro atoms. The van der Waals surface area contributed by atoms with E-state index in [1.807, 2.05) is 24.3 Å². The van der Waals surface area contributed by atoms with Crippen LogP contribution in [0.2, 0.25) is 0 Å². The number of amides is 1. The van der Waals surface area contributed by atoms with Gasteiger partial charge in [-0.05, 0) is 31.0 Å². The molecule has 5 nitrogen and oxygen atoms in total. The van der Waals surface area contributed by atoms with Gasteiger partial charge in [0.25, 0.3) is 5.91 Å². The van der Waals surface area contributed by atoms with Crippen molar-refractivity contribution in [2.75, 3.05) is 13.7 Å². The normalized spacial score (nSPS) is 11.1. The Hall–Kier alpha value is -2.03. The van der Waals surface area contributed by atoms with Crippen molar-refractivity contribution in [2.24, 2.45) is 5.73 Å². The van der Waals surface area contributed by atoms with E-state index in [4.69, 9.17) is 10.5 Å². The second-order valence-electron chi connectivity index (χ2n) is 3.84. The van der Waals surface area contributed by atoms with Crippen molar-refractivity contribution in [1.29, 1.82) is 0 Å². The summed E-state index contributed by atoms with van der Waals surface area (Å²) in [6, 6.07) is 6.75. The van der Waals surface area contributed by atoms with Gasteiger partial charge in [-0.1, -0.05) is 18.1 Å². The van der Waals surface area contributed by atoms with E-state index < -0.39 is 6.04 Å². The first kappa shape index (κ1) is 15.0. The summed E-state index contributed by atoms with van der Waals surface area (Å²) >= 11 is 0. The zero-order valence-electron chi connectivity index (χ0n) is 11.1. The Morgan fingerprint density at radius 3 is 2.68 bits per heavy atom. The van der Waals surface area contributed by atoms with Gasteiger partial charge in [-0.15, -0.1) is 5.92 Å². The monoisotopic (exact) mass is 262 g/mol. The van der Waals surface area contributed by atoms with E-state index in [1.54, 1.807) is 6.92 Å². The number of rotatable bonds is 6. The number of nitrogens with two attached hydrogens (primary N) is 1. The fraction of sp³-hybridized carbons (Fsp3) is 0.357. The van der Waals surface area contributed by atoms with Crippen LogP contribution >= 0.6 is 0 Å². The Morgan fingerprint density at radius 1 is 1.42 bits per heavy atom. The molecule has 1 amide bonds. The molecule has 102 valence electrons. The van der Waals surface area contributed by atoms with E-state index in [1.165, 1.54) is 7.11 Å². The van der Waals surface area contributed by atoms with Crippen LogP contribution in [-0.4, -0.2) is 25.7 Å². The molecule has 0 aliphatic heterocycles. The van der Waals surface area contributed by atoms with Crippen LogP contribution in [0.3, 0.4) is 0 Å². The molecular weight excluding hydrogens is 244 g/mol. The van der Waals surface area contributed by atoms with Crippen LogP contribution in [0.1, 0.15) is 12.5 Å². The third-order valence-electron chi connectivity index (χ3n) is 2.41. The average molecular weight is 262 g/mol. The number of nitrogens with one attached hydrogen (secondary N) is 1. The molecule has 5 heteroatoms. The Bertz CT molecular complexity index is 460. The Kier molecular flexibility index (Phi) is 6.44. The van der Waals surface area contributed by atoms with Gasteiger partial charge in [-0.2, -0.15) is 0 Å². The molecule has 1 aromatic carbocycles. The molecule has 0 saturated heterocycles. The molecule has 0 aliphatic carbocycles. The summed E-state index contributed by atoms with van der Waals surface area (Å²) in [5.74, 6) is 5.96. The molecule has 19 heavy (non-hydrogen) atoms. The minimum atomic E-state index is -0.641. The predicted molar refractivity (Wildman–Crippen MR) is 72.2 cm³/mol. The predicted octanol–water partition coefficient (Wildman–Crippen LogP) is 0.636. The van der Waals surface area contributed by atoms with Gasteiger partial charge in [-0.3, -0.25) is 9.63 Å². The molecule has 0 saturated carbocycles. The van der Waals surface area contributed by atoms with Crippen molar-refractivity contribution >= 4 is 5.91 Å². The topological polar surface area (TPSA) is 73.6 Å². The second-order valence-corrected chi connectivity index (χ2v) is 3.84. The maximum Gasteiger partial charge on any atom is 0.260 e. The fourth-order valence-corrected chi connectivity index (χ4v) is 1.44. The van der Waals surface area contributed by atoms with Gasteiger partial charge in [-0.25, -0.2) is 5.48 Å². The summed E-state index contributed by atoms with van der Waals surface area (Å²) in [4.78, 5) is 15.9. The zero-order valence-corrected chi connectivity index (χ0v) is 11.1. The van der Waals surface area contributed by atoms with Crippen molar-refractivity contribution in [3.8, 4) is 17.6 Å². The van der Waals surface area contributed by atoms with Crippen molar-refractivity contribution in [3.63, 3.8) is 0 Å². The van der Waals surface area contributed by atoms with Crippen molar-refractivity contribution in [2.45, 2.75) is 19.4 Å². The lowest BCUT2D eigenvalue weighted by molar-refractivity contribution is -0.132. The number of hydroxylamine groups is 1. The lowest BCUT2D eigenvalue weighted by Gasteiger charge is -2.11. The number of hydrogen-bond acceptors (Lipinski definition) is 4. The number of hydrogen-bond donors (Lipinski definition) is 2. The SMILES string of the molecule is CC#CCOc1ccc(CC(N)C(=O)NOC)cc1. The molecule has 1 aromatic rings. The highest BCUT2D eigenvalue weighted by Crippen LogP contribution is 2.13. The molecule has 0 bridgehead atoms. The molecule has 0 aromatic heterocycles. The highest BCUT2D eigenvalue weighted by atomic mass is 16.6. The fourth-order valence-electron chi connectivity index (χ4n) is 1.44. The van der Waals surface area contributed by atoms with Crippen LogP contribution in [0, 0.1) is 11.8 Å². The van der Waals surface area contributed by atoms with Gasteiger partial charge >= 0.3 is 0 Å². The molecule has 0 aliphatic rings. The second kappa shape index (κ2) is 8.14. The van der Waals surface area contributed by atoms with Crippen LogP contribution in [0.15, 0.2) is 24.3 Å². The number of carbonyl (C=O) groups excluding carboxylic acids is 1. The first-order valence-electron chi connectivity index (χ1n) is 5.87. The summed E-state index contributed by atoms with van der Waals surface area (Å²) in [6.07, 6.45) is 0.435. The summed E-state index contributed by atoms with van der Waals surface area (Å²) in [7, 11) is 1.37. The van der Waals surface area contributed by atoms with E-state index >= 15 is 0 Å². The van der Waals surface area contributed by atoms with Gasteiger partial charge < -0.3 is 10.5 Å². The highest BCUT2D eigenvalue weighted by molar-refractivity contribution is 5.80. The summed E-state index contributed by atoms with van der Waals surface area (Å²) in [5, 5.41) is 0. The van der Waals surface area contributed by atoms with Crippen molar-refractivity contribution in [3.05, 3.63) is 29.8 Å². The highest BCUT2D eigenvalue weighted by Gasteiger charge is 2.13. The molecule has 0 fully saturated rings. The lowest BCUT2D eigenvalue weighted by Crippen LogP contribution is -2.41. The molecular formula is C14H18N2O3. The summed E-state index contributed by atoms with van der Waals surface area (Å²) < 4.78 is 5.39. The van der Waals surface area contributed by atoms with Crippen molar-refractivity contribution in [1.82, 2.24) is 5.48 Å². The summed E-state index contributed by atoms with van der Waals surface area (Å²) in [6.45, 7) is 2.13. The van der Waals surface area contributed by atoms with Crippen LogP contribution in [0.5, 0.6) is 5.75 Å². The molecule has 1 unspecified atom stereocenters. The molecule has 0 heterocycles. The average Bonchev–Trinajstić information content (AvgIpc) is 2.41. The summed E-state index contributed by atoms with van der Waals surface area (Å²) in [5.41, 5.74) is 8.89. The van der Waals surface area contributed by atoms with Crippen LogP contribution < -0.4 is 16.0 Å². The van der Waals surface area contributed by atoms with E-state index in [9.17, 15) is 4.79 Å². The minimum absolute atomic E-state index is 0.346.